The van der Waals surface area contributed by atoms with Gasteiger partial charge in [0, 0.05) is 36.9 Å². The van der Waals surface area contributed by atoms with Crippen LogP contribution in [0.3, 0.4) is 0 Å². The second kappa shape index (κ2) is 19.4. The van der Waals surface area contributed by atoms with Gasteiger partial charge in [0.25, 0.3) is 0 Å². The smallest absolute Gasteiger partial charge is 0 e. The molecular weight excluding hydrogens is 281 g/mol. The molecule has 0 fully saturated rings. The Balaban J connectivity index is 0. The summed E-state index contributed by atoms with van der Waals surface area (Å²) in [5.41, 5.74) is 0. The zero-order chi connectivity index (χ0) is 0. The zero-order valence-electron chi connectivity index (χ0n) is 1.48. The van der Waals surface area contributed by atoms with Crippen molar-refractivity contribution in [3.05, 3.63) is 0 Å². The maximum atomic E-state index is 0. The normalized spacial score (nSPS) is 0. The van der Waals surface area contributed by atoms with Crippen LogP contribution in [0.4, 0.5) is 0 Å². The molecule has 0 saturated carbocycles. The van der Waals surface area contributed by atoms with Crippen molar-refractivity contribution in [3.63, 3.8) is 0 Å². The van der Waals surface area contributed by atoms with E-state index in [1.807, 2.05) is 0 Å². The van der Waals surface area contributed by atoms with Crippen LogP contribution >= 0.6 is 37.2 Å². The minimum Gasteiger partial charge on any atom is -0.147 e. The predicted octanol–water partition coefficient (Wildman–Crippen LogP) is 1.27. The van der Waals surface area contributed by atoms with E-state index in [0.717, 1.165) is 0 Å². The molecule has 0 aliphatic carbocycles. The molecular formula is H3Cl3Lu. The average molecular weight is 284 g/mol. The number of hydrogen-bond acceptors (Lipinski definition) is 0. The molecule has 0 aromatic carbocycles. The van der Waals surface area contributed by atoms with Gasteiger partial charge in [-0.1, -0.05) is 0 Å². The molecule has 0 spiro atoms. The number of rotatable bonds is 0. The van der Waals surface area contributed by atoms with E-state index in [1.54, 1.807) is 0 Å². The molecule has 0 bridgehead atoms. The van der Waals surface area contributed by atoms with Crippen LogP contribution < -0.4 is 0 Å². The summed E-state index contributed by atoms with van der Waals surface area (Å²) >= 11 is 0. The predicted molar refractivity (Wildman–Crippen MR) is 21.7 cm³/mol. The first kappa shape index (κ1) is 35.9. The van der Waals surface area contributed by atoms with Crippen molar-refractivity contribution < 1.29 is 36.9 Å². The molecule has 0 unspecified atom stereocenters. The summed E-state index contributed by atoms with van der Waals surface area (Å²) in [5, 5.41) is 0. The summed E-state index contributed by atoms with van der Waals surface area (Å²) in [4.78, 5) is 0. The van der Waals surface area contributed by atoms with E-state index in [2.05, 4.69) is 0 Å². The first-order valence-corrected chi connectivity index (χ1v) is 0. The third-order valence-electron chi connectivity index (χ3n) is 0. The Bertz CT molecular complexity index is 3.25. The molecule has 0 nitrogen and oxygen atoms in total. The zero-order valence-corrected chi connectivity index (χ0v) is 5.59. The van der Waals surface area contributed by atoms with Gasteiger partial charge in [0.15, 0.2) is 0 Å². The molecule has 4 heteroatoms. The van der Waals surface area contributed by atoms with Crippen LogP contribution in [0.15, 0.2) is 0 Å². The molecule has 0 aromatic heterocycles. The number of halogens is 3. The quantitative estimate of drug-likeness (QED) is 0.628. The van der Waals surface area contributed by atoms with Gasteiger partial charge in [0.2, 0.25) is 0 Å². The van der Waals surface area contributed by atoms with Gasteiger partial charge in [-0.15, -0.1) is 37.2 Å². The van der Waals surface area contributed by atoms with Crippen molar-refractivity contribution in [2.24, 2.45) is 0 Å². The Morgan fingerprint density at radius 1 is 0.500 bits per heavy atom. The van der Waals surface area contributed by atoms with E-state index >= 15 is 0 Å². The van der Waals surface area contributed by atoms with Crippen LogP contribution in [0.2, 0.25) is 0 Å². The fourth-order valence-electron chi connectivity index (χ4n) is 0. The Hall–Kier alpha value is 2.10. The Kier molecular flexibility index (Phi) is 174. The molecule has 0 amide bonds. The third kappa shape index (κ3) is 8.93. The van der Waals surface area contributed by atoms with Crippen LogP contribution in [0.5, 0.6) is 0 Å². The van der Waals surface area contributed by atoms with E-state index in [-0.39, 0.29) is 74.1 Å². The Labute approximate surface area is 73.1 Å². The molecule has 0 aliphatic rings. The third-order valence-corrected chi connectivity index (χ3v) is 0. The van der Waals surface area contributed by atoms with Crippen molar-refractivity contribution in [1.82, 2.24) is 0 Å². The van der Waals surface area contributed by atoms with Crippen molar-refractivity contribution in [2.45, 2.75) is 0 Å². The summed E-state index contributed by atoms with van der Waals surface area (Å²) in [6.07, 6.45) is 0. The Morgan fingerprint density at radius 3 is 0.500 bits per heavy atom. The largest absolute Gasteiger partial charge is 0.147 e. The van der Waals surface area contributed by atoms with Crippen LogP contribution in [0, 0.1) is 36.9 Å². The van der Waals surface area contributed by atoms with Gasteiger partial charge >= 0.3 is 0 Å². The Morgan fingerprint density at radius 2 is 0.500 bits per heavy atom. The van der Waals surface area contributed by atoms with E-state index in [0.29, 0.717) is 0 Å². The molecule has 0 heterocycles. The summed E-state index contributed by atoms with van der Waals surface area (Å²) in [6, 6.07) is 0. The first-order chi connectivity index (χ1) is 0. The van der Waals surface area contributed by atoms with Gasteiger partial charge in [-0.05, 0) is 0 Å². The van der Waals surface area contributed by atoms with Crippen molar-refractivity contribution in [3.8, 4) is 0 Å². The second-order valence-corrected chi connectivity index (χ2v) is 0. The molecule has 0 rings (SSSR count). The van der Waals surface area contributed by atoms with E-state index in [9.17, 15) is 0 Å². The average Bonchev–Trinajstić information content (AvgIpc) is 0. The molecule has 0 aromatic rings. The van der Waals surface area contributed by atoms with Gasteiger partial charge < -0.3 is 0 Å². The molecule has 0 atom stereocenters. The maximum Gasteiger partial charge on any atom is 0 e. The maximum absolute atomic E-state index is 0. The van der Waals surface area contributed by atoms with Gasteiger partial charge in [-0.2, -0.15) is 0 Å². The number of hydrogen-bond donors (Lipinski definition) is 0. The molecule has 0 aliphatic heterocycles. The first-order valence-electron chi connectivity index (χ1n) is 0. The van der Waals surface area contributed by atoms with Crippen molar-refractivity contribution in [2.75, 3.05) is 0 Å². The molecule has 0 N–H and O–H groups in total. The van der Waals surface area contributed by atoms with Crippen LogP contribution in [-0.4, -0.2) is 0 Å². The van der Waals surface area contributed by atoms with Crippen molar-refractivity contribution in [1.29, 1.82) is 0 Å². The van der Waals surface area contributed by atoms with E-state index in [4.69, 9.17) is 0 Å². The van der Waals surface area contributed by atoms with Gasteiger partial charge in [0.05, 0.1) is 0 Å². The minimum absolute atomic E-state index is 0. The minimum atomic E-state index is 0. The van der Waals surface area contributed by atoms with Crippen LogP contribution in [0.1, 0.15) is 0 Å². The SMILES string of the molecule is Cl.Cl.Cl.[Lu]. The molecule has 39 valence electrons. The van der Waals surface area contributed by atoms with Crippen LogP contribution in [0.25, 0.3) is 0 Å². The van der Waals surface area contributed by atoms with Gasteiger partial charge in [-0.3, -0.25) is 0 Å². The van der Waals surface area contributed by atoms with Crippen LogP contribution in [-0.2, 0) is 0 Å². The summed E-state index contributed by atoms with van der Waals surface area (Å²) in [6.45, 7) is 0. The molecule has 0 saturated heterocycles. The van der Waals surface area contributed by atoms with E-state index < -0.39 is 0 Å². The van der Waals surface area contributed by atoms with Gasteiger partial charge in [-0.25, -0.2) is 0 Å². The topological polar surface area (TPSA) is 0 Å². The summed E-state index contributed by atoms with van der Waals surface area (Å²) in [5.74, 6) is 0. The fraction of sp³-hybridized carbons (Fsp3) is 0. The summed E-state index contributed by atoms with van der Waals surface area (Å²) in [7, 11) is 0. The summed E-state index contributed by atoms with van der Waals surface area (Å²) < 4.78 is 0. The van der Waals surface area contributed by atoms with Crippen molar-refractivity contribution >= 4 is 37.2 Å². The van der Waals surface area contributed by atoms with E-state index in [1.165, 1.54) is 0 Å². The molecule has 4 heavy (non-hydrogen) atoms. The second-order valence-electron chi connectivity index (χ2n) is 0. The molecule has 1 radical (unpaired) electrons. The monoisotopic (exact) mass is 283 g/mol. The van der Waals surface area contributed by atoms with Gasteiger partial charge in [0.1, 0.15) is 0 Å². The fourth-order valence-corrected chi connectivity index (χ4v) is 0. The standard InChI is InChI=1S/3ClH.Lu/h3*1H;.